The fourth-order valence-corrected chi connectivity index (χ4v) is 2.05. The predicted octanol–water partition coefficient (Wildman–Crippen LogP) is 2.73. The molecule has 1 aromatic rings. The molecule has 0 unspecified atom stereocenters. The molecule has 1 heterocycles. The van der Waals surface area contributed by atoms with Gasteiger partial charge in [-0.2, -0.15) is 5.10 Å². The maximum Gasteiger partial charge on any atom is 0.151 e. The van der Waals surface area contributed by atoms with Crippen molar-refractivity contribution < 1.29 is 0 Å². The average molecular weight is 185 g/mol. The normalized spacial score (nSPS) is 18.8. The number of aromatic nitrogens is 2. The maximum absolute atomic E-state index is 5.71. The molecule has 2 rings (SSSR count). The Morgan fingerprint density at radius 2 is 2.25 bits per heavy atom. The van der Waals surface area contributed by atoms with Crippen molar-refractivity contribution in [2.45, 2.75) is 32.2 Å². The summed E-state index contributed by atoms with van der Waals surface area (Å²) in [5.41, 5.74) is 0. The molecule has 0 spiro atoms. The van der Waals surface area contributed by atoms with Crippen molar-refractivity contribution in [2.75, 3.05) is 0 Å². The molecule has 0 aliphatic heterocycles. The molecule has 12 heavy (non-hydrogen) atoms. The van der Waals surface area contributed by atoms with Gasteiger partial charge in [0, 0.05) is 12.7 Å². The molecular formula is C9H13ClN2. The highest BCUT2D eigenvalue weighted by atomic mass is 35.5. The molecule has 1 aliphatic carbocycles. The fraction of sp³-hybridized carbons (Fsp3) is 0.667. The van der Waals surface area contributed by atoms with Crippen molar-refractivity contribution in [1.82, 2.24) is 9.78 Å². The van der Waals surface area contributed by atoms with Crippen LogP contribution in [-0.4, -0.2) is 9.78 Å². The highest BCUT2D eigenvalue weighted by Gasteiger charge is 2.15. The van der Waals surface area contributed by atoms with Gasteiger partial charge in [-0.3, -0.25) is 4.68 Å². The van der Waals surface area contributed by atoms with Gasteiger partial charge < -0.3 is 0 Å². The monoisotopic (exact) mass is 184 g/mol. The highest BCUT2D eigenvalue weighted by molar-refractivity contribution is 6.29. The van der Waals surface area contributed by atoms with E-state index in [-0.39, 0.29) is 0 Å². The largest absolute Gasteiger partial charge is 0.271 e. The van der Waals surface area contributed by atoms with E-state index in [4.69, 9.17) is 11.6 Å². The van der Waals surface area contributed by atoms with Gasteiger partial charge in [-0.15, -0.1) is 0 Å². The summed E-state index contributed by atoms with van der Waals surface area (Å²) in [5.74, 6) is 0.834. The summed E-state index contributed by atoms with van der Waals surface area (Å²) in [6.45, 7) is 1.05. The van der Waals surface area contributed by atoms with Gasteiger partial charge in [-0.05, 0) is 24.8 Å². The van der Waals surface area contributed by atoms with Crippen LogP contribution >= 0.6 is 11.6 Å². The van der Waals surface area contributed by atoms with E-state index in [0.29, 0.717) is 5.15 Å². The summed E-state index contributed by atoms with van der Waals surface area (Å²) >= 11 is 5.71. The van der Waals surface area contributed by atoms with Gasteiger partial charge in [0.15, 0.2) is 5.15 Å². The lowest BCUT2D eigenvalue weighted by molar-refractivity contribution is 0.429. The van der Waals surface area contributed by atoms with Gasteiger partial charge in [0.05, 0.1) is 0 Å². The van der Waals surface area contributed by atoms with Crippen LogP contribution in [0.1, 0.15) is 25.7 Å². The molecule has 0 aromatic carbocycles. The summed E-state index contributed by atoms with van der Waals surface area (Å²) in [4.78, 5) is 0. The Kier molecular flexibility index (Phi) is 2.35. The van der Waals surface area contributed by atoms with Crippen LogP contribution in [0.3, 0.4) is 0 Å². The van der Waals surface area contributed by atoms with E-state index in [2.05, 4.69) is 5.10 Å². The van der Waals surface area contributed by atoms with Gasteiger partial charge in [-0.1, -0.05) is 24.4 Å². The minimum absolute atomic E-state index is 0.605. The molecule has 0 atom stereocenters. The lowest BCUT2D eigenvalue weighted by Crippen LogP contribution is -2.07. The summed E-state index contributed by atoms with van der Waals surface area (Å²) in [5, 5.41) is 4.76. The molecule has 0 bridgehead atoms. The van der Waals surface area contributed by atoms with Crippen LogP contribution < -0.4 is 0 Å². The van der Waals surface area contributed by atoms with E-state index in [9.17, 15) is 0 Å². The second-order valence-electron chi connectivity index (χ2n) is 3.51. The van der Waals surface area contributed by atoms with E-state index in [1.165, 1.54) is 25.7 Å². The van der Waals surface area contributed by atoms with Gasteiger partial charge in [0.2, 0.25) is 0 Å². The molecule has 0 saturated heterocycles. The van der Waals surface area contributed by atoms with Crippen LogP contribution in [0.4, 0.5) is 0 Å². The molecular weight excluding hydrogens is 172 g/mol. The van der Waals surface area contributed by atoms with Crippen LogP contribution in [0.2, 0.25) is 5.15 Å². The second kappa shape index (κ2) is 3.48. The minimum Gasteiger partial charge on any atom is -0.271 e. The molecule has 1 fully saturated rings. The van der Waals surface area contributed by atoms with Crippen LogP contribution in [0.25, 0.3) is 0 Å². The van der Waals surface area contributed by atoms with Crippen molar-refractivity contribution >= 4 is 11.6 Å². The maximum atomic E-state index is 5.71. The van der Waals surface area contributed by atoms with E-state index >= 15 is 0 Å². The van der Waals surface area contributed by atoms with Crippen molar-refractivity contribution in [2.24, 2.45) is 5.92 Å². The Balaban J connectivity index is 1.94. The third-order valence-electron chi connectivity index (χ3n) is 2.53. The zero-order valence-corrected chi connectivity index (χ0v) is 7.80. The minimum atomic E-state index is 0.605. The summed E-state index contributed by atoms with van der Waals surface area (Å²) < 4.78 is 1.96. The van der Waals surface area contributed by atoms with Crippen molar-refractivity contribution in [3.8, 4) is 0 Å². The molecule has 0 N–H and O–H groups in total. The first-order chi connectivity index (χ1) is 5.84. The smallest absolute Gasteiger partial charge is 0.151 e. The Hall–Kier alpha value is -0.500. The Bertz CT molecular complexity index is 251. The lowest BCUT2D eigenvalue weighted by Gasteiger charge is -2.07. The first kappa shape index (κ1) is 8.11. The third kappa shape index (κ3) is 1.81. The quantitative estimate of drug-likeness (QED) is 0.691. The fourth-order valence-electron chi connectivity index (χ4n) is 1.90. The van der Waals surface area contributed by atoms with Crippen molar-refractivity contribution in [3.05, 3.63) is 17.4 Å². The number of hydrogen-bond acceptors (Lipinski definition) is 1. The molecule has 1 saturated carbocycles. The molecule has 66 valence electrons. The van der Waals surface area contributed by atoms with E-state index in [1.54, 1.807) is 0 Å². The molecule has 0 radical (unpaired) electrons. The Morgan fingerprint density at radius 3 is 2.83 bits per heavy atom. The van der Waals surface area contributed by atoms with Crippen LogP contribution in [0.5, 0.6) is 0 Å². The number of rotatable bonds is 2. The highest BCUT2D eigenvalue weighted by Crippen LogP contribution is 2.25. The first-order valence-electron chi connectivity index (χ1n) is 4.53. The molecule has 2 nitrogen and oxygen atoms in total. The van der Waals surface area contributed by atoms with Crippen LogP contribution in [0, 0.1) is 5.92 Å². The topological polar surface area (TPSA) is 17.8 Å². The van der Waals surface area contributed by atoms with Gasteiger partial charge in [-0.25, -0.2) is 0 Å². The standard InChI is InChI=1S/C9H13ClN2/c10-9-5-6-12(11-9)7-8-3-1-2-4-8/h5-6,8H,1-4,7H2. The van der Waals surface area contributed by atoms with Crippen molar-refractivity contribution in [1.29, 1.82) is 0 Å². The van der Waals surface area contributed by atoms with E-state index in [1.807, 2.05) is 16.9 Å². The molecule has 1 aromatic heterocycles. The summed E-state index contributed by atoms with van der Waals surface area (Å²) in [6, 6.07) is 1.84. The molecule has 3 heteroatoms. The van der Waals surface area contributed by atoms with Gasteiger partial charge >= 0.3 is 0 Å². The third-order valence-corrected chi connectivity index (χ3v) is 2.73. The lowest BCUT2D eigenvalue weighted by atomic mass is 10.1. The van der Waals surface area contributed by atoms with E-state index in [0.717, 1.165) is 12.5 Å². The molecule has 0 amide bonds. The SMILES string of the molecule is Clc1ccn(CC2CCCC2)n1. The first-order valence-corrected chi connectivity index (χ1v) is 4.91. The van der Waals surface area contributed by atoms with Gasteiger partial charge in [0.25, 0.3) is 0 Å². The number of nitrogens with zero attached hydrogens (tertiary/aromatic N) is 2. The second-order valence-corrected chi connectivity index (χ2v) is 3.90. The molecule has 1 aliphatic rings. The van der Waals surface area contributed by atoms with Crippen LogP contribution in [-0.2, 0) is 6.54 Å². The Labute approximate surface area is 77.5 Å². The van der Waals surface area contributed by atoms with Crippen molar-refractivity contribution in [3.63, 3.8) is 0 Å². The van der Waals surface area contributed by atoms with Gasteiger partial charge in [0.1, 0.15) is 0 Å². The zero-order chi connectivity index (χ0) is 8.39. The van der Waals surface area contributed by atoms with E-state index < -0.39 is 0 Å². The Morgan fingerprint density at radius 1 is 1.50 bits per heavy atom. The van der Waals surface area contributed by atoms with Crippen LogP contribution in [0.15, 0.2) is 12.3 Å². The zero-order valence-electron chi connectivity index (χ0n) is 7.04. The summed E-state index contributed by atoms with van der Waals surface area (Å²) in [7, 11) is 0. The summed E-state index contributed by atoms with van der Waals surface area (Å²) in [6.07, 6.45) is 7.45. The number of hydrogen-bond donors (Lipinski definition) is 0. The predicted molar refractivity (Wildman–Crippen MR) is 49.2 cm³/mol. The average Bonchev–Trinajstić information content (AvgIpc) is 2.63. The number of halogens is 1.